The molecule has 0 N–H and O–H groups in total. The molecule has 0 saturated carbocycles. The number of thiophene rings is 1. The topological polar surface area (TPSA) is 55.2 Å². The molecule has 2 aromatic heterocycles. The molecule has 0 radical (unpaired) electrons. The Hall–Kier alpha value is -1.55. The third kappa shape index (κ3) is 4.66. The van der Waals surface area contributed by atoms with Crippen LogP contribution in [0.4, 0.5) is 4.39 Å². The SMILES string of the molecule is CCn1cc(CN(Cc2ccc(F)cc2)S(=O)(=O)c2ccc(Br)s2)c(C)n1. The lowest BCUT2D eigenvalue weighted by Gasteiger charge is -2.21. The fourth-order valence-corrected chi connectivity index (χ4v) is 6.22. The quantitative estimate of drug-likeness (QED) is 0.507. The molecule has 0 amide bonds. The Morgan fingerprint density at radius 3 is 2.44 bits per heavy atom. The van der Waals surface area contributed by atoms with E-state index in [1.165, 1.54) is 27.8 Å². The highest BCUT2D eigenvalue weighted by Gasteiger charge is 2.27. The van der Waals surface area contributed by atoms with Crippen LogP contribution in [0.15, 0.2) is 50.6 Å². The maximum Gasteiger partial charge on any atom is 0.253 e. The Labute approximate surface area is 170 Å². The van der Waals surface area contributed by atoms with Gasteiger partial charge in [0.05, 0.1) is 9.48 Å². The van der Waals surface area contributed by atoms with Gasteiger partial charge in [0, 0.05) is 31.4 Å². The number of aromatic nitrogens is 2. The molecular formula is C18H19BrFN3O2S2. The van der Waals surface area contributed by atoms with Crippen molar-refractivity contribution in [3.05, 3.63) is 69.0 Å². The molecule has 0 aliphatic rings. The van der Waals surface area contributed by atoms with Gasteiger partial charge < -0.3 is 0 Å². The molecule has 0 atom stereocenters. The molecule has 1 aromatic carbocycles. The molecule has 0 saturated heterocycles. The van der Waals surface area contributed by atoms with Crippen LogP contribution in [0, 0.1) is 12.7 Å². The van der Waals surface area contributed by atoms with Crippen LogP contribution < -0.4 is 0 Å². The zero-order valence-electron chi connectivity index (χ0n) is 14.9. The van der Waals surface area contributed by atoms with Gasteiger partial charge in [0.2, 0.25) is 0 Å². The molecule has 27 heavy (non-hydrogen) atoms. The number of rotatable bonds is 7. The van der Waals surface area contributed by atoms with Crippen molar-refractivity contribution in [2.24, 2.45) is 0 Å². The molecule has 3 aromatic rings. The Kier molecular flexibility index (Phi) is 6.15. The molecule has 5 nitrogen and oxygen atoms in total. The zero-order chi connectivity index (χ0) is 19.6. The lowest BCUT2D eigenvalue weighted by molar-refractivity contribution is 0.401. The van der Waals surface area contributed by atoms with Gasteiger partial charge >= 0.3 is 0 Å². The molecule has 2 heterocycles. The minimum absolute atomic E-state index is 0.148. The van der Waals surface area contributed by atoms with Crippen LogP contribution in [-0.4, -0.2) is 22.5 Å². The van der Waals surface area contributed by atoms with Gasteiger partial charge in [-0.2, -0.15) is 9.40 Å². The fraction of sp³-hybridized carbons (Fsp3) is 0.278. The van der Waals surface area contributed by atoms with Gasteiger partial charge in [0.25, 0.3) is 10.0 Å². The number of benzene rings is 1. The van der Waals surface area contributed by atoms with Crippen molar-refractivity contribution < 1.29 is 12.8 Å². The van der Waals surface area contributed by atoms with Crippen molar-refractivity contribution in [1.29, 1.82) is 0 Å². The summed E-state index contributed by atoms with van der Waals surface area (Å²) in [5.41, 5.74) is 2.36. The van der Waals surface area contributed by atoms with E-state index in [1.54, 1.807) is 28.9 Å². The minimum atomic E-state index is -3.71. The first-order valence-electron chi connectivity index (χ1n) is 8.32. The molecule has 0 fully saturated rings. The van der Waals surface area contributed by atoms with Gasteiger partial charge in [-0.3, -0.25) is 4.68 Å². The van der Waals surface area contributed by atoms with Gasteiger partial charge in [-0.05, 0) is 59.6 Å². The predicted molar refractivity (Wildman–Crippen MR) is 107 cm³/mol. The molecule has 0 aliphatic heterocycles. The lowest BCUT2D eigenvalue weighted by Crippen LogP contribution is -2.30. The van der Waals surface area contributed by atoms with Crippen molar-refractivity contribution in [3.8, 4) is 0 Å². The monoisotopic (exact) mass is 471 g/mol. The molecule has 0 aliphatic carbocycles. The molecule has 0 unspecified atom stereocenters. The highest BCUT2D eigenvalue weighted by atomic mass is 79.9. The Morgan fingerprint density at radius 2 is 1.89 bits per heavy atom. The zero-order valence-corrected chi connectivity index (χ0v) is 18.1. The van der Waals surface area contributed by atoms with E-state index in [1.807, 2.05) is 20.0 Å². The van der Waals surface area contributed by atoms with Crippen LogP contribution in [0.2, 0.25) is 0 Å². The number of halogens is 2. The summed E-state index contributed by atoms with van der Waals surface area (Å²) >= 11 is 4.49. The lowest BCUT2D eigenvalue weighted by atomic mass is 10.2. The summed E-state index contributed by atoms with van der Waals surface area (Å²) in [7, 11) is -3.71. The number of nitrogens with zero attached hydrogens (tertiary/aromatic N) is 3. The van der Waals surface area contributed by atoms with Crippen molar-refractivity contribution in [2.45, 2.75) is 37.7 Å². The Balaban J connectivity index is 1.97. The van der Waals surface area contributed by atoms with Crippen LogP contribution >= 0.6 is 27.3 Å². The van der Waals surface area contributed by atoms with E-state index >= 15 is 0 Å². The summed E-state index contributed by atoms with van der Waals surface area (Å²) in [6.07, 6.45) is 1.87. The van der Waals surface area contributed by atoms with Crippen molar-refractivity contribution in [2.75, 3.05) is 0 Å². The van der Waals surface area contributed by atoms with Crippen molar-refractivity contribution >= 4 is 37.3 Å². The van der Waals surface area contributed by atoms with E-state index in [4.69, 9.17) is 0 Å². The molecule has 144 valence electrons. The average molecular weight is 472 g/mol. The first-order valence-corrected chi connectivity index (χ1v) is 11.4. The molecule has 3 rings (SSSR count). The second-order valence-electron chi connectivity index (χ2n) is 6.05. The van der Waals surface area contributed by atoms with Gasteiger partial charge in [-0.1, -0.05) is 12.1 Å². The van der Waals surface area contributed by atoms with Crippen molar-refractivity contribution in [1.82, 2.24) is 14.1 Å². The first kappa shape index (κ1) is 20.2. The van der Waals surface area contributed by atoms with Crippen LogP contribution in [-0.2, 0) is 29.7 Å². The van der Waals surface area contributed by atoms with Gasteiger partial charge in [0.1, 0.15) is 10.0 Å². The summed E-state index contributed by atoms with van der Waals surface area (Å²) in [6.45, 7) is 4.90. The number of hydrogen-bond acceptors (Lipinski definition) is 4. The van der Waals surface area contributed by atoms with E-state index < -0.39 is 10.0 Å². The minimum Gasteiger partial charge on any atom is -0.272 e. The number of hydrogen-bond donors (Lipinski definition) is 0. The summed E-state index contributed by atoms with van der Waals surface area (Å²) < 4.78 is 43.9. The Bertz CT molecular complexity index is 1030. The summed E-state index contributed by atoms with van der Waals surface area (Å²) in [5, 5.41) is 4.40. The van der Waals surface area contributed by atoms with Gasteiger partial charge in [0.15, 0.2) is 0 Å². The second-order valence-corrected chi connectivity index (χ2v) is 10.7. The van der Waals surface area contributed by atoms with Crippen molar-refractivity contribution in [3.63, 3.8) is 0 Å². The van der Waals surface area contributed by atoms with Crippen LogP contribution in [0.5, 0.6) is 0 Å². The molecular weight excluding hydrogens is 453 g/mol. The first-order chi connectivity index (χ1) is 12.8. The summed E-state index contributed by atoms with van der Waals surface area (Å²) in [5.74, 6) is -0.351. The highest BCUT2D eigenvalue weighted by Crippen LogP contribution is 2.30. The fourth-order valence-electron chi connectivity index (χ4n) is 2.65. The van der Waals surface area contributed by atoms with E-state index in [-0.39, 0.29) is 23.1 Å². The normalized spacial score (nSPS) is 12.0. The molecule has 0 bridgehead atoms. The Morgan fingerprint density at radius 1 is 1.19 bits per heavy atom. The molecule has 0 spiro atoms. The summed E-state index contributed by atoms with van der Waals surface area (Å²) in [6, 6.07) is 9.18. The van der Waals surface area contributed by atoms with Crippen LogP contribution in [0.25, 0.3) is 0 Å². The third-order valence-corrected chi connectivity index (χ3v) is 8.02. The van der Waals surface area contributed by atoms with Gasteiger partial charge in [-0.15, -0.1) is 11.3 Å². The van der Waals surface area contributed by atoms with E-state index in [9.17, 15) is 12.8 Å². The highest BCUT2D eigenvalue weighted by molar-refractivity contribution is 9.11. The third-order valence-electron chi connectivity index (χ3n) is 4.13. The second kappa shape index (κ2) is 8.22. The predicted octanol–water partition coefficient (Wildman–Crippen LogP) is 4.57. The molecule has 9 heteroatoms. The number of aryl methyl sites for hydroxylation is 2. The number of sulfonamides is 1. The largest absolute Gasteiger partial charge is 0.272 e. The summed E-state index contributed by atoms with van der Waals surface area (Å²) in [4.78, 5) is 0. The standard InChI is InChI=1S/C18H19BrFN3O2S2/c1-3-22-11-15(13(2)21-22)12-23(10-14-4-6-16(20)7-5-14)27(24,25)18-9-8-17(19)26-18/h4-9,11H,3,10,12H2,1-2H3. The maximum atomic E-state index is 13.2. The van der Waals surface area contributed by atoms with E-state index in [2.05, 4.69) is 21.0 Å². The average Bonchev–Trinajstić information content (AvgIpc) is 3.22. The smallest absolute Gasteiger partial charge is 0.253 e. The van der Waals surface area contributed by atoms with Crippen LogP contribution in [0.1, 0.15) is 23.7 Å². The van der Waals surface area contributed by atoms with Gasteiger partial charge in [-0.25, -0.2) is 12.8 Å². The van der Waals surface area contributed by atoms with E-state index in [0.29, 0.717) is 6.54 Å². The maximum absolute atomic E-state index is 13.2. The van der Waals surface area contributed by atoms with Crippen LogP contribution in [0.3, 0.4) is 0 Å². The van der Waals surface area contributed by atoms with E-state index in [0.717, 1.165) is 20.6 Å².